The minimum absolute atomic E-state index is 0.335. The van der Waals surface area contributed by atoms with E-state index in [2.05, 4.69) is 5.32 Å². The Labute approximate surface area is 129 Å². The van der Waals surface area contributed by atoms with Crippen molar-refractivity contribution in [2.45, 2.75) is 16.4 Å². The fourth-order valence-corrected chi connectivity index (χ4v) is 3.91. The van der Waals surface area contributed by atoms with Crippen molar-refractivity contribution in [3.05, 3.63) is 35.7 Å². The van der Waals surface area contributed by atoms with Gasteiger partial charge in [0.25, 0.3) is 0 Å². The van der Waals surface area contributed by atoms with Gasteiger partial charge in [0.2, 0.25) is 5.91 Å². The Kier molecular flexibility index (Phi) is 4.98. The third kappa shape index (κ3) is 3.62. The van der Waals surface area contributed by atoms with Crippen LogP contribution < -0.4 is 15.8 Å². The quantitative estimate of drug-likeness (QED) is 0.828. The van der Waals surface area contributed by atoms with Crippen molar-refractivity contribution in [3.8, 4) is 5.75 Å². The molecule has 2 aromatic rings. The number of thiophene rings is 1. The standard InChI is InChI=1S/C14H16N2O3S2/c1-9(21(18)13-4-3-7-20-13)14(17)16-12-6-5-10(19-2)8-11(12)15/h3-9H,15H2,1-2H3,(H,16,17). The molecule has 1 aromatic carbocycles. The summed E-state index contributed by atoms with van der Waals surface area (Å²) in [4.78, 5) is 12.2. The second-order valence-electron chi connectivity index (χ2n) is 4.31. The highest BCUT2D eigenvalue weighted by molar-refractivity contribution is 7.88. The average Bonchev–Trinajstić information content (AvgIpc) is 3.01. The van der Waals surface area contributed by atoms with Gasteiger partial charge in [0.05, 0.1) is 33.5 Å². The number of nitrogens with one attached hydrogen (secondary N) is 1. The third-order valence-corrected chi connectivity index (χ3v) is 5.73. The number of rotatable bonds is 5. The first kappa shape index (κ1) is 15.5. The molecule has 2 rings (SSSR count). The molecule has 5 nitrogen and oxygen atoms in total. The number of anilines is 2. The van der Waals surface area contributed by atoms with Crippen molar-refractivity contribution >= 4 is 39.4 Å². The molecule has 0 aliphatic carbocycles. The Morgan fingerprint density at radius 3 is 2.76 bits per heavy atom. The van der Waals surface area contributed by atoms with Gasteiger partial charge in [0, 0.05) is 6.07 Å². The zero-order chi connectivity index (χ0) is 15.4. The lowest BCUT2D eigenvalue weighted by Crippen LogP contribution is -2.29. The summed E-state index contributed by atoms with van der Waals surface area (Å²) in [6, 6.07) is 8.55. The molecule has 1 aromatic heterocycles. The number of carbonyl (C=O) groups is 1. The first-order chi connectivity index (χ1) is 10.0. The zero-order valence-corrected chi connectivity index (χ0v) is 13.3. The highest BCUT2D eigenvalue weighted by Gasteiger charge is 2.22. The monoisotopic (exact) mass is 324 g/mol. The van der Waals surface area contributed by atoms with Gasteiger partial charge in [-0.2, -0.15) is 0 Å². The molecule has 0 fully saturated rings. The minimum atomic E-state index is -1.37. The van der Waals surface area contributed by atoms with Crippen molar-refractivity contribution in [1.29, 1.82) is 0 Å². The van der Waals surface area contributed by atoms with Crippen LogP contribution in [0.3, 0.4) is 0 Å². The van der Waals surface area contributed by atoms with Crippen LogP contribution in [0, 0.1) is 0 Å². The normalized spacial score (nSPS) is 13.4. The number of ether oxygens (including phenoxy) is 1. The molecular weight excluding hydrogens is 308 g/mol. The Morgan fingerprint density at radius 2 is 2.19 bits per heavy atom. The van der Waals surface area contributed by atoms with Crippen LogP contribution in [0.5, 0.6) is 5.75 Å². The van der Waals surface area contributed by atoms with Crippen molar-refractivity contribution in [2.75, 3.05) is 18.2 Å². The second kappa shape index (κ2) is 6.73. The molecule has 0 radical (unpaired) electrons. The molecular formula is C14H16N2O3S2. The minimum Gasteiger partial charge on any atom is -0.497 e. The average molecular weight is 324 g/mol. The molecule has 0 aliphatic heterocycles. The van der Waals surface area contributed by atoms with Crippen LogP contribution in [-0.2, 0) is 15.6 Å². The lowest BCUT2D eigenvalue weighted by molar-refractivity contribution is -0.115. The van der Waals surface area contributed by atoms with E-state index in [0.29, 0.717) is 21.3 Å². The van der Waals surface area contributed by atoms with Gasteiger partial charge in [-0.05, 0) is 30.5 Å². The summed E-state index contributed by atoms with van der Waals surface area (Å²) in [5.74, 6) is 0.277. The summed E-state index contributed by atoms with van der Waals surface area (Å²) < 4.78 is 18.0. The lowest BCUT2D eigenvalue weighted by atomic mass is 10.2. The Morgan fingerprint density at radius 1 is 1.43 bits per heavy atom. The van der Waals surface area contributed by atoms with E-state index in [1.807, 2.05) is 11.4 Å². The van der Waals surface area contributed by atoms with Crippen molar-refractivity contribution < 1.29 is 13.7 Å². The Hall–Kier alpha value is -1.86. The van der Waals surface area contributed by atoms with E-state index in [1.54, 1.807) is 38.3 Å². The number of hydrogen-bond donors (Lipinski definition) is 2. The smallest absolute Gasteiger partial charge is 0.240 e. The molecule has 112 valence electrons. The van der Waals surface area contributed by atoms with E-state index < -0.39 is 16.0 Å². The zero-order valence-electron chi connectivity index (χ0n) is 11.7. The number of hydrogen-bond acceptors (Lipinski definition) is 5. The van der Waals surface area contributed by atoms with E-state index >= 15 is 0 Å². The first-order valence-electron chi connectivity index (χ1n) is 6.21. The molecule has 1 amide bonds. The highest BCUT2D eigenvalue weighted by atomic mass is 32.2. The van der Waals surface area contributed by atoms with E-state index in [9.17, 15) is 9.00 Å². The van der Waals surface area contributed by atoms with Gasteiger partial charge in [0.1, 0.15) is 11.0 Å². The molecule has 2 unspecified atom stereocenters. The van der Waals surface area contributed by atoms with E-state index in [-0.39, 0.29) is 5.91 Å². The third-order valence-electron chi connectivity index (χ3n) is 2.90. The summed E-state index contributed by atoms with van der Waals surface area (Å²) in [5.41, 5.74) is 6.73. The number of carbonyl (C=O) groups excluding carboxylic acids is 1. The summed E-state index contributed by atoms with van der Waals surface area (Å²) >= 11 is 1.37. The van der Waals surface area contributed by atoms with E-state index in [4.69, 9.17) is 10.5 Å². The molecule has 0 aliphatic rings. The topological polar surface area (TPSA) is 81.4 Å². The molecule has 21 heavy (non-hydrogen) atoms. The summed E-state index contributed by atoms with van der Waals surface area (Å²) in [7, 11) is 0.169. The predicted molar refractivity (Wildman–Crippen MR) is 86.2 cm³/mol. The van der Waals surface area contributed by atoms with Gasteiger partial charge >= 0.3 is 0 Å². The summed E-state index contributed by atoms with van der Waals surface area (Å²) in [6.07, 6.45) is 0. The molecule has 7 heteroatoms. The van der Waals surface area contributed by atoms with Gasteiger partial charge in [-0.25, -0.2) is 0 Å². The number of nitrogens with two attached hydrogens (primary N) is 1. The Balaban J connectivity index is 2.09. The van der Waals surface area contributed by atoms with Gasteiger partial charge in [-0.1, -0.05) is 6.07 Å². The summed E-state index contributed by atoms with van der Waals surface area (Å²) in [6.45, 7) is 1.63. The van der Waals surface area contributed by atoms with Crippen LogP contribution >= 0.6 is 11.3 Å². The van der Waals surface area contributed by atoms with Crippen molar-refractivity contribution in [1.82, 2.24) is 0 Å². The molecule has 2 atom stereocenters. The first-order valence-corrected chi connectivity index (χ1v) is 8.30. The van der Waals surface area contributed by atoms with Gasteiger partial charge in [-0.3, -0.25) is 9.00 Å². The van der Waals surface area contributed by atoms with Gasteiger partial charge < -0.3 is 15.8 Å². The SMILES string of the molecule is COc1ccc(NC(=O)C(C)S(=O)c2cccs2)c(N)c1. The molecule has 0 spiro atoms. The molecule has 3 N–H and O–H groups in total. The largest absolute Gasteiger partial charge is 0.497 e. The maximum absolute atomic E-state index is 12.2. The second-order valence-corrected chi connectivity index (χ2v) is 7.26. The predicted octanol–water partition coefficient (Wildman–Crippen LogP) is 2.47. The Bertz CT molecular complexity index is 656. The van der Waals surface area contributed by atoms with Crippen LogP contribution in [0.15, 0.2) is 39.9 Å². The van der Waals surface area contributed by atoms with Crippen molar-refractivity contribution in [2.24, 2.45) is 0 Å². The summed E-state index contributed by atoms with van der Waals surface area (Å²) in [5, 5.41) is 3.87. The number of benzene rings is 1. The maximum Gasteiger partial charge on any atom is 0.240 e. The fraction of sp³-hybridized carbons (Fsp3) is 0.214. The van der Waals surface area contributed by atoms with Gasteiger partial charge in [0.15, 0.2) is 0 Å². The number of amides is 1. The molecule has 1 heterocycles. The van der Waals surface area contributed by atoms with Crippen LogP contribution in [-0.4, -0.2) is 22.5 Å². The van der Waals surface area contributed by atoms with Crippen LogP contribution in [0.4, 0.5) is 11.4 Å². The van der Waals surface area contributed by atoms with Crippen LogP contribution in [0.25, 0.3) is 0 Å². The van der Waals surface area contributed by atoms with E-state index in [1.165, 1.54) is 11.3 Å². The molecule has 0 saturated heterocycles. The van der Waals surface area contributed by atoms with Gasteiger partial charge in [-0.15, -0.1) is 11.3 Å². The van der Waals surface area contributed by atoms with Crippen LogP contribution in [0.2, 0.25) is 0 Å². The molecule has 0 saturated carbocycles. The highest BCUT2D eigenvalue weighted by Crippen LogP contribution is 2.25. The number of nitrogen functional groups attached to an aromatic ring is 1. The van der Waals surface area contributed by atoms with Crippen LogP contribution in [0.1, 0.15) is 6.92 Å². The van der Waals surface area contributed by atoms with Crippen molar-refractivity contribution in [3.63, 3.8) is 0 Å². The lowest BCUT2D eigenvalue weighted by Gasteiger charge is -2.13. The fourth-order valence-electron chi connectivity index (χ4n) is 1.67. The number of methoxy groups -OCH3 is 1. The van der Waals surface area contributed by atoms with E-state index in [0.717, 1.165) is 0 Å². The maximum atomic E-state index is 12.2. The molecule has 0 bridgehead atoms.